The van der Waals surface area contributed by atoms with Crippen LogP contribution in [0.5, 0.6) is 5.75 Å². The molecule has 1 fully saturated rings. The van der Waals surface area contributed by atoms with E-state index in [1.54, 1.807) is 66.6 Å². The Morgan fingerprint density at radius 2 is 1.79 bits per heavy atom. The van der Waals surface area contributed by atoms with E-state index in [1.165, 1.54) is 23.5 Å². The quantitative estimate of drug-likeness (QED) is 0.246. The van der Waals surface area contributed by atoms with Crippen LogP contribution < -0.4 is 10.1 Å². The molecule has 0 bridgehead atoms. The normalized spacial score (nSPS) is 19.3. The molecule has 6 rings (SSSR count). The number of carbonyl (C=O) groups is 2. The Bertz CT molecular complexity index is 1860. The molecule has 3 aromatic carbocycles. The van der Waals surface area contributed by atoms with E-state index in [0.717, 1.165) is 17.1 Å². The van der Waals surface area contributed by atoms with E-state index >= 15 is 0 Å². The number of carbonyl (C=O) groups excluding carboxylic acids is 2. The zero-order chi connectivity index (χ0) is 33.5. The summed E-state index contributed by atoms with van der Waals surface area (Å²) in [7, 11) is 0. The summed E-state index contributed by atoms with van der Waals surface area (Å²) in [6, 6.07) is 17.8. The lowest BCUT2D eigenvalue weighted by Gasteiger charge is -2.42. The summed E-state index contributed by atoms with van der Waals surface area (Å²) in [5.41, 5.74) is 0.864. The summed E-state index contributed by atoms with van der Waals surface area (Å²) in [5, 5.41) is 25.8. The Labute approximate surface area is 273 Å². The van der Waals surface area contributed by atoms with Crippen LogP contribution in [0.15, 0.2) is 72.1 Å². The number of nitriles is 1. The standard InChI is InChI=1S/C35H31F3N4O4S/c1-34(2)30(43)29(26-17-20(18-39)7-12-28(26)46-34)41-31(44)27-19-47-32(40-27)22-13-15-42(16-14-22)33(45)25-6-4-3-5-24(25)21-8-10-23(11-9-21)35(36,37)38/h3-12,17,19,22,29-30,43H,13-16H2,1-2H3,(H,41,44). The molecule has 3 heterocycles. The first kappa shape index (κ1) is 32.2. The molecule has 2 amide bonds. The van der Waals surface area contributed by atoms with E-state index in [2.05, 4.69) is 16.4 Å². The number of ether oxygens (including phenoxy) is 1. The van der Waals surface area contributed by atoms with Crippen LogP contribution in [0.2, 0.25) is 0 Å². The molecule has 4 aromatic rings. The molecule has 2 N–H and O–H groups in total. The number of hydrogen-bond acceptors (Lipinski definition) is 7. The zero-order valence-electron chi connectivity index (χ0n) is 25.5. The molecule has 0 aliphatic carbocycles. The average molecular weight is 661 g/mol. The fourth-order valence-electron chi connectivity index (χ4n) is 6.08. The van der Waals surface area contributed by atoms with E-state index in [-0.39, 0.29) is 17.5 Å². The number of piperidine rings is 1. The number of aromatic nitrogens is 1. The highest BCUT2D eigenvalue weighted by atomic mass is 32.1. The summed E-state index contributed by atoms with van der Waals surface area (Å²) >= 11 is 1.36. The molecule has 47 heavy (non-hydrogen) atoms. The Kier molecular flexibility index (Phi) is 8.55. The van der Waals surface area contributed by atoms with Crippen molar-refractivity contribution in [2.24, 2.45) is 0 Å². The second-order valence-electron chi connectivity index (χ2n) is 12.2. The molecule has 1 aromatic heterocycles. The summed E-state index contributed by atoms with van der Waals surface area (Å²) in [6.07, 6.45) is -4.28. The van der Waals surface area contributed by atoms with E-state index in [9.17, 15) is 33.1 Å². The maximum absolute atomic E-state index is 13.6. The van der Waals surface area contributed by atoms with E-state index in [4.69, 9.17) is 4.74 Å². The van der Waals surface area contributed by atoms with E-state index in [1.807, 2.05) is 0 Å². The number of amides is 2. The second kappa shape index (κ2) is 12.5. The first-order chi connectivity index (χ1) is 22.4. The highest BCUT2D eigenvalue weighted by Crippen LogP contribution is 2.41. The summed E-state index contributed by atoms with van der Waals surface area (Å²) in [6.45, 7) is 4.35. The number of benzene rings is 3. The van der Waals surface area contributed by atoms with Crippen molar-refractivity contribution in [1.29, 1.82) is 5.26 Å². The summed E-state index contributed by atoms with van der Waals surface area (Å²) < 4.78 is 45.1. The smallest absolute Gasteiger partial charge is 0.416 e. The molecule has 2 unspecified atom stereocenters. The number of halogens is 3. The van der Waals surface area contributed by atoms with Crippen molar-refractivity contribution in [3.63, 3.8) is 0 Å². The lowest BCUT2D eigenvalue weighted by Crippen LogP contribution is -2.53. The van der Waals surface area contributed by atoms with Gasteiger partial charge in [0.25, 0.3) is 11.8 Å². The van der Waals surface area contributed by atoms with Crippen LogP contribution in [0.1, 0.15) is 81.2 Å². The largest absolute Gasteiger partial charge is 0.485 e. The number of hydrogen-bond donors (Lipinski definition) is 2. The van der Waals surface area contributed by atoms with Gasteiger partial charge in [0.05, 0.1) is 28.2 Å². The second-order valence-corrected chi connectivity index (χ2v) is 13.1. The third-order valence-electron chi connectivity index (χ3n) is 8.73. The zero-order valence-corrected chi connectivity index (χ0v) is 26.4. The first-order valence-corrected chi connectivity index (χ1v) is 16.0. The number of alkyl halides is 3. The van der Waals surface area contributed by atoms with Crippen molar-refractivity contribution in [3.8, 4) is 22.9 Å². The molecule has 0 radical (unpaired) electrons. The molecule has 0 saturated carbocycles. The lowest BCUT2D eigenvalue weighted by atomic mass is 9.86. The third kappa shape index (κ3) is 6.46. The van der Waals surface area contributed by atoms with Crippen LogP contribution in [-0.2, 0) is 6.18 Å². The van der Waals surface area contributed by atoms with Crippen molar-refractivity contribution < 1.29 is 32.6 Å². The maximum atomic E-state index is 13.6. The number of fused-ring (bicyclic) bond motifs is 1. The predicted molar refractivity (Wildman–Crippen MR) is 169 cm³/mol. The van der Waals surface area contributed by atoms with Gasteiger partial charge in [0.2, 0.25) is 0 Å². The van der Waals surface area contributed by atoms with Crippen molar-refractivity contribution in [1.82, 2.24) is 15.2 Å². The molecule has 2 aliphatic heterocycles. The third-order valence-corrected chi connectivity index (χ3v) is 9.74. The SMILES string of the molecule is CC1(C)Oc2ccc(C#N)cc2C(NC(=O)c2csc(C3CCN(C(=O)c4ccccc4-c4ccc(C(F)(F)F)cc4)CC3)n2)C1O. The van der Waals surface area contributed by atoms with E-state index < -0.39 is 35.4 Å². The number of likely N-dealkylation sites (tertiary alicyclic amines) is 1. The molecular formula is C35H31F3N4O4S. The molecule has 12 heteroatoms. The number of nitrogens with zero attached hydrogens (tertiary/aromatic N) is 3. The van der Waals surface area contributed by atoms with Gasteiger partial charge in [0.1, 0.15) is 23.1 Å². The van der Waals surface area contributed by atoms with Gasteiger partial charge in [-0.25, -0.2) is 4.98 Å². The Morgan fingerprint density at radius 3 is 2.47 bits per heavy atom. The Hall–Kier alpha value is -4.73. The molecule has 2 aliphatic rings. The topological polar surface area (TPSA) is 116 Å². The van der Waals surface area contributed by atoms with Crippen LogP contribution in [0, 0.1) is 11.3 Å². The molecular weight excluding hydrogens is 629 g/mol. The van der Waals surface area contributed by atoms with Crippen LogP contribution in [-0.4, -0.2) is 51.6 Å². The van der Waals surface area contributed by atoms with Crippen molar-refractivity contribution >= 4 is 23.2 Å². The number of thiazole rings is 1. The minimum Gasteiger partial charge on any atom is -0.485 e. The molecule has 0 spiro atoms. The van der Waals surface area contributed by atoms with Gasteiger partial charge in [0.15, 0.2) is 0 Å². The number of aliphatic hydroxyl groups excluding tert-OH is 1. The average Bonchev–Trinajstić information content (AvgIpc) is 3.57. The summed E-state index contributed by atoms with van der Waals surface area (Å²) in [4.78, 5) is 33.3. The van der Waals surface area contributed by atoms with Crippen molar-refractivity contribution in [2.45, 2.75) is 56.5 Å². The van der Waals surface area contributed by atoms with Crippen LogP contribution in [0.3, 0.4) is 0 Å². The number of aliphatic hydroxyl groups is 1. The molecule has 2 atom stereocenters. The highest BCUT2D eigenvalue weighted by molar-refractivity contribution is 7.09. The minimum absolute atomic E-state index is 0.0299. The van der Waals surface area contributed by atoms with Crippen molar-refractivity contribution in [3.05, 3.63) is 105 Å². The van der Waals surface area contributed by atoms with Crippen LogP contribution in [0.4, 0.5) is 13.2 Å². The van der Waals surface area contributed by atoms with Gasteiger partial charge in [-0.2, -0.15) is 18.4 Å². The maximum Gasteiger partial charge on any atom is 0.416 e. The first-order valence-electron chi connectivity index (χ1n) is 15.1. The monoisotopic (exact) mass is 660 g/mol. The van der Waals surface area contributed by atoms with Crippen molar-refractivity contribution in [2.75, 3.05) is 13.1 Å². The predicted octanol–water partition coefficient (Wildman–Crippen LogP) is 6.72. The van der Waals surface area contributed by atoms with Gasteiger partial charge < -0.3 is 20.1 Å². The summed E-state index contributed by atoms with van der Waals surface area (Å²) in [5.74, 6) is -0.153. The van der Waals surface area contributed by atoms with Gasteiger partial charge >= 0.3 is 6.18 Å². The molecule has 242 valence electrons. The fourth-order valence-corrected chi connectivity index (χ4v) is 7.05. The minimum atomic E-state index is -4.44. The van der Waals surface area contributed by atoms with E-state index in [0.29, 0.717) is 59.5 Å². The van der Waals surface area contributed by atoms with Gasteiger partial charge in [-0.1, -0.05) is 30.3 Å². The molecule has 1 saturated heterocycles. The Morgan fingerprint density at radius 1 is 1.09 bits per heavy atom. The fraction of sp³-hybridized carbons (Fsp3) is 0.314. The van der Waals surface area contributed by atoms with Crippen LogP contribution >= 0.6 is 11.3 Å². The number of rotatable bonds is 5. The van der Waals surface area contributed by atoms with Gasteiger partial charge in [-0.3, -0.25) is 9.59 Å². The number of nitrogens with one attached hydrogen (secondary N) is 1. The Balaban J connectivity index is 1.12. The van der Waals surface area contributed by atoms with Gasteiger partial charge in [0, 0.05) is 35.5 Å². The lowest BCUT2D eigenvalue weighted by molar-refractivity contribution is -0.137. The molecule has 8 nitrogen and oxygen atoms in total. The highest BCUT2D eigenvalue weighted by Gasteiger charge is 2.44. The van der Waals surface area contributed by atoms with Gasteiger partial charge in [-0.05, 0) is 74.2 Å². The van der Waals surface area contributed by atoms with Crippen LogP contribution in [0.25, 0.3) is 11.1 Å². The van der Waals surface area contributed by atoms with Gasteiger partial charge in [-0.15, -0.1) is 11.3 Å².